The smallest absolute Gasteiger partial charge is 0.226 e. The fraction of sp³-hybridized carbons (Fsp3) is 0.533. The quantitative estimate of drug-likeness (QED) is 0.870. The summed E-state index contributed by atoms with van der Waals surface area (Å²) in [6.45, 7) is 2.50. The number of hydrogen-bond acceptors (Lipinski definition) is 3. The Morgan fingerprint density at radius 3 is 2.95 bits per heavy atom. The van der Waals surface area contributed by atoms with Gasteiger partial charge in [0.2, 0.25) is 5.91 Å². The molecule has 4 nitrogen and oxygen atoms in total. The molecule has 0 bridgehead atoms. The highest BCUT2D eigenvalue weighted by Gasteiger charge is 2.25. The van der Waals surface area contributed by atoms with Crippen molar-refractivity contribution in [2.45, 2.75) is 12.8 Å². The predicted octanol–water partition coefficient (Wildman–Crippen LogP) is 1.31. The van der Waals surface area contributed by atoms with Crippen molar-refractivity contribution >= 4 is 5.91 Å². The molecule has 2 rings (SSSR count). The molecule has 1 saturated heterocycles. The van der Waals surface area contributed by atoms with Gasteiger partial charge in [0.05, 0.1) is 13.0 Å². The van der Waals surface area contributed by atoms with E-state index in [1.54, 1.807) is 7.11 Å². The number of nitrogens with one attached hydrogen (secondary N) is 1. The highest BCUT2D eigenvalue weighted by molar-refractivity contribution is 5.79. The van der Waals surface area contributed by atoms with Crippen LogP contribution < -0.4 is 10.1 Å². The Hall–Kier alpha value is -1.55. The summed E-state index contributed by atoms with van der Waals surface area (Å²) >= 11 is 0. The van der Waals surface area contributed by atoms with E-state index >= 15 is 0 Å². The van der Waals surface area contributed by atoms with Gasteiger partial charge in [-0.25, -0.2) is 0 Å². The lowest BCUT2D eigenvalue weighted by Gasteiger charge is -2.21. The maximum absolute atomic E-state index is 12.2. The second-order valence-electron chi connectivity index (χ2n) is 5.01. The lowest BCUT2D eigenvalue weighted by Crippen LogP contribution is -2.35. The fourth-order valence-corrected chi connectivity index (χ4v) is 2.48. The van der Waals surface area contributed by atoms with E-state index in [1.165, 1.54) is 0 Å². The van der Waals surface area contributed by atoms with Gasteiger partial charge < -0.3 is 15.0 Å². The molecule has 1 aliphatic rings. The molecular weight excluding hydrogens is 240 g/mol. The number of methoxy groups -OCH3 is 1. The number of rotatable bonds is 5. The van der Waals surface area contributed by atoms with E-state index < -0.39 is 0 Å². The van der Waals surface area contributed by atoms with Crippen molar-refractivity contribution in [3.63, 3.8) is 0 Å². The summed E-state index contributed by atoms with van der Waals surface area (Å²) in [6.07, 6.45) is 1.78. The number of benzene rings is 1. The first-order chi connectivity index (χ1) is 9.22. The summed E-state index contributed by atoms with van der Waals surface area (Å²) in [6, 6.07) is 7.97. The van der Waals surface area contributed by atoms with Crippen LogP contribution in [0.5, 0.6) is 5.75 Å². The molecular formula is C15H22N2O2. The van der Waals surface area contributed by atoms with Crippen molar-refractivity contribution in [2.24, 2.45) is 5.92 Å². The molecule has 0 aliphatic carbocycles. The summed E-state index contributed by atoms with van der Waals surface area (Å²) < 4.78 is 5.32. The topological polar surface area (TPSA) is 41.6 Å². The molecule has 1 heterocycles. The van der Waals surface area contributed by atoms with Crippen LogP contribution in [0.3, 0.4) is 0 Å². The second-order valence-corrected chi connectivity index (χ2v) is 5.01. The van der Waals surface area contributed by atoms with Crippen LogP contribution in [0.2, 0.25) is 0 Å². The van der Waals surface area contributed by atoms with E-state index in [4.69, 9.17) is 4.74 Å². The zero-order chi connectivity index (χ0) is 13.7. The van der Waals surface area contributed by atoms with Crippen LogP contribution >= 0.6 is 0 Å². The summed E-state index contributed by atoms with van der Waals surface area (Å²) in [4.78, 5) is 14.0. The molecule has 104 valence electrons. The lowest BCUT2D eigenvalue weighted by molar-refractivity contribution is -0.133. The van der Waals surface area contributed by atoms with Crippen molar-refractivity contribution in [3.8, 4) is 5.75 Å². The Balaban J connectivity index is 1.88. The lowest BCUT2D eigenvalue weighted by atomic mass is 10.1. The van der Waals surface area contributed by atoms with Crippen LogP contribution in [0, 0.1) is 5.92 Å². The molecule has 1 aromatic rings. The van der Waals surface area contributed by atoms with Crippen molar-refractivity contribution < 1.29 is 9.53 Å². The first-order valence-corrected chi connectivity index (χ1v) is 6.80. The number of hydrogen-bond donors (Lipinski definition) is 1. The Bertz CT molecular complexity index is 428. The Morgan fingerprint density at radius 1 is 1.47 bits per heavy atom. The predicted molar refractivity (Wildman–Crippen MR) is 75.3 cm³/mol. The molecule has 4 heteroatoms. The number of nitrogens with zero attached hydrogens (tertiary/aromatic N) is 1. The van der Waals surface area contributed by atoms with E-state index in [-0.39, 0.29) is 11.8 Å². The maximum atomic E-state index is 12.2. The Kier molecular flexibility index (Phi) is 4.80. The van der Waals surface area contributed by atoms with Gasteiger partial charge in [0.25, 0.3) is 0 Å². The van der Waals surface area contributed by atoms with E-state index in [0.717, 1.165) is 43.8 Å². The van der Waals surface area contributed by atoms with Gasteiger partial charge in [-0.15, -0.1) is 0 Å². The van der Waals surface area contributed by atoms with Crippen LogP contribution in [0.25, 0.3) is 0 Å². The Morgan fingerprint density at radius 2 is 2.26 bits per heavy atom. The third kappa shape index (κ3) is 3.47. The van der Waals surface area contributed by atoms with Crippen LogP contribution in [0.4, 0.5) is 0 Å². The number of carbonyl (C=O) groups excluding carboxylic acids is 1. The largest absolute Gasteiger partial charge is 0.496 e. The number of para-hydroxylation sites is 1. The van der Waals surface area contributed by atoms with E-state index in [9.17, 15) is 4.79 Å². The SMILES string of the molecule is COc1ccccc1CCN(C)C(=O)[C@H]1CCNC1. The highest BCUT2D eigenvalue weighted by Crippen LogP contribution is 2.18. The summed E-state index contributed by atoms with van der Waals surface area (Å²) in [5.74, 6) is 1.30. The fourth-order valence-electron chi connectivity index (χ4n) is 2.48. The molecule has 1 atom stereocenters. The molecule has 0 unspecified atom stereocenters. The van der Waals surface area contributed by atoms with Gasteiger partial charge in [-0.3, -0.25) is 4.79 Å². The van der Waals surface area contributed by atoms with Gasteiger partial charge in [-0.2, -0.15) is 0 Å². The normalized spacial score (nSPS) is 18.3. The van der Waals surface area contributed by atoms with Crippen molar-refractivity contribution in [1.82, 2.24) is 10.2 Å². The molecule has 19 heavy (non-hydrogen) atoms. The molecule has 0 aromatic heterocycles. The third-order valence-corrected chi connectivity index (χ3v) is 3.69. The number of amides is 1. The van der Waals surface area contributed by atoms with Crippen LogP contribution in [0.1, 0.15) is 12.0 Å². The number of likely N-dealkylation sites (N-methyl/N-ethyl adjacent to an activating group) is 1. The minimum atomic E-state index is 0.155. The zero-order valence-corrected chi connectivity index (χ0v) is 11.7. The van der Waals surface area contributed by atoms with Crippen LogP contribution in [-0.2, 0) is 11.2 Å². The van der Waals surface area contributed by atoms with Gasteiger partial charge >= 0.3 is 0 Å². The molecule has 1 N–H and O–H groups in total. The van der Waals surface area contributed by atoms with Crippen molar-refractivity contribution in [2.75, 3.05) is 33.8 Å². The third-order valence-electron chi connectivity index (χ3n) is 3.69. The van der Waals surface area contributed by atoms with Gasteiger partial charge in [0.15, 0.2) is 0 Å². The molecule has 0 radical (unpaired) electrons. The number of ether oxygens (including phenoxy) is 1. The van der Waals surface area contributed by atoms with Crippen LogP contribution in [0.15, 0.2) is 24.3 Å². The van der Waals surface area contributed by atoms with Crippen molar-refractivity contribution in [3.05, 3.63) is 29.8 Å². The van der Waals surface area contributed by atoms with Gasteiger partial charge in [-0.1, -0.05) is 18.2 Å². The first-order valence-electron chi connectivity index (χ1n) is 6.80. The van der Waals surface area contributed by atoms with E-state index in [2.05, 4.69) is 5.32 Å². The first kappa shape index (κ1) is 13.9. The molecule has 1 aliphatic heterocycles. The zero-order valence-electron chi connectivity index (χ0n) is 11.7. The number of carbonyl (C=O) groups is 1. The van der Waals surface area contributed by atoms with Gasteiger partial charge in [0, 0.05) is 20.1 Å². The summed E-state index contributed by atoms with van der Waals surface area (Å²) in [7, 11) is 3.56. The molecule has 0 spiro atoms. The molecule has 0 saturated carbocycles. The molecule has 1 amide bonds. The maximum Gasteiger partial charge on any atom is 0.226 e. The molecule has 1 aromatic carbocycles. The van der Waals surface area contributed by atoms with Crippen molar-refractivity contribution in [1.29, 1.82) is 0 Å². The minimum absolute atomic E-state index is 0.155. The Labute approximate surface area is 114 Å². The summed E-state index contributed by atoms with van der Waals surface area (Å²) in [5, 5.41) is 3.23. The van der Waals surface area contributed by atoms with E-state index in [1.807, 2.05) is 36.2 Å². The minimum Gasteiger partial charge on any atom is -0.496 e. The average Bonchev–Trinajstić information content (AvgIpc) is 2.98. The standard InChI is InChI=1S/C15H22N2O2/c1-17(15(18)13-7-9-16-11-13)10-8-12-5-3-4-6-14(12)19-2/h3-6,13,16H,7-11H2,1-2H3/t13-/m0/s1. The molecule has 1 fully saturated rings. The van der Waals surface area contributed by atoms with Crippen LogP contribution in [-0.4, -0.2) is 44.6 Å². The monoisotopic (exact) mass is 262 g/mol. The average molecular weight is 262 g/mol. The van der Waals surface area contributed by atoms with Gasteiger partial charge in [-0.05, 0) is 31.0 Å². The summed E-state index contributed by atoms with van der Waals surface area (Å²) in [5.41, 5.74) is 1.15. The highest BCUT2D eigenvalue weighted by atomic mass is 16.5. The second kappa shape index (κ2) is 6.57. The van der Waals surface area contributed by atoms with E-state index in [0.29, 0.717) is 0 Å². The van der Waals surface area contributed by atoms with Gasteiger partial charge in [0.1, 0.15) is 5.75 Å².